The van der Waals surface area contributed by atoms with Gasteiger partial charge >= 0.3 is 0 Å². The van der Waals surface area contributed by atoms with Crippen molar-refractivity contribution in [2.24, 2.45) is 0 Å². The molecule has 6 aromatic rings. The highest BCUT2D eigenvalue weighted by molar-refractivity contribution is 6.11. The van der Waals surface area contributed by atoms with Gasteiger partial charge in [0.25, 0.3) is 0 Å². The van der Waals surface area contributed by atoms with E-state index in [1.807, 2.05) is 0 Å². The van der Waals surface area contributed by atoms with Crippen molar-refractivity contribution in [1.29, 1.82) is 0 Å². The summed E-state index contributed by atoms with van der Waals surface area (Å²) < 4.78 is 6.27. The average molecular weight is 555 g/mol. The third-order valence-electron chi connectivity index (χ3n) is 9.31. The number of fused-ring (bicyclic) bond motifs is 5. The topological polar surface area (TPSA) is 13.1 Å². The number of rotatable bonds is 4. The second-order valence-corrected chi connectivity index (χ2v) is 11.8. The van der Waals surface area contributed by atoms with Crippen LogP contribution >= 0.6 is 0 Å². The molecule has 0 fully saturated rings. The van der Waals surface area contributed by atoms with Crippen LogP contribution in [0.25, 0.3) is 61.7 Å². The van der Waals surface area contributed by atoms with Gasteiger partial charge in [-0.15, -0.1) is 0 Å². The largest absolute Gasteiger partial charge is 0.460 e. The molecule has 2 aliphatic rings. The number of aryl methyl sites for hydroxylation is 2. The Hall–Kier alpha value is -4.88. The van der Waals surface area contributed by atoms with E-state index in [4.69, 9.17) is 4.42 Å². The van der Waals surface area contributed by atoms with Gasteiger partial charge in [0.2, 0.25) is 0 Å². The first-order chi connectivity index (χ1) is 21.2. The van der Waals surface area contributed by atoms with E-state index in [2.05, 4.69) is 135 Å². The molecule has 0 bridgehead atoms. The fourth-order valence-corrected chi connectivity index (χ4v) is 7.33. The maximum absolute atomic E-state index is 6.27. The van der Waals surface area contributed by atoms with Crippen LogP contribution in [0.1, 0.15) is 58.9 Å². The fourth-order valence-electron chi connectivity index (χ4n) is 7.33. The van der Waals surface area contributed by atoms with Crippen molar-refractivity contribution < 1.29 is 4.42 Å². The number of hydrogen-bond acceptors (Lipinski definition) is 1. The molecule has 0 atom stereocenters. The Morgan fingerprint density at radius 3 is 2.26 bits per heavy atom. The van der Waals surface area contributed by atoms with Crippen molar-refractivity contribution >= 4 is 39.5 Å². The summed E-state index contributed by atoms with van der Waals surface area (Å²) in [6.07, 6.45) is 15.6. The third kappa shape index (κ3) is 4.22. The van der Waals surface area contributed by atoms with Crippen LogP contribution in [0.15, 0.2) is 114 Å². The maximum Gasteiger partial charge on any atom is 0.134 e. The van der Waals surface area contributed by atoms with Gasteiger partial charge in [0.1, 0.15) is 11.3 Å². The molecule has 5 aromatic carbocycles. The van der Waals surface area contributed by atoms with Crippen LogP contribution in [-0.2, 0) is 12.8 Å². The SMILES string of the molecule is C/C=C(/c1cccc(-c2c3c(c(-c4ccc5oc6c(c5c4)C=CCC6)c4ccccc24)CCC=C3)c1)c1ccccc1C. The van der Waals surface area contributed by atoms with Gasteiger partial charge in [-0.2, -0.15) is 0 Å². The van der Waals surface area contributed by atoms with Crippen LogP contribution in [0.4, 0.5) is 0 Å². The zero-order valence-electron chi connectivity index (χ0n) is 24.8. The lowest BCUT2D eigenvalue weighted by molar-refractivity contribution is 0.546. The van der Waals surface area contributed by atoms with Crippen molar-refractivity contribution in [1.82, 2.24) is 0 Å². The van der Waals surface area contributed by atoms with Gasteiger partial charge in [-0.3, -0.25) is 0 Å². The summed E-state index contributed by atoms with van der Waals surface area (Å²) in [5.74, 6) is 1.12. The summed E-state index contributed by atoms with van der Waals surface area (Å²) in [5, 5.41) is 3.83. The molecule has 1 aromatic heterocycles. The minimum absolute atomic E-state index is 0.978. The van der Waals surface area contributed by atoms with Gasteiger partial charge in [0.15, 0.2) is 0 Å². The molecule has 0 aliphatic heterocycles. The van der Waals surface area contributed by atoms with Crippen LogP contribution in [-0.4, -0.2) is 0 Å². The second kappa shape index (κ2) is 10.4. The molecule has 1 nitrogen and oxygen atoms in total. The lowest BCUT2D eigenvalue weighted by Crippen LogP contribution is -2.03. The standard InChI is InChI=1S/C42H34O/c1-3-31(32-16-5-4-13-27(32)2)28-14-12-15-29(25-28)41-34-18-6-8-20-36(34)42(37-21-9-7-19-35(37)41)30-23-24-40-38(26-30)33-17-10-11-22-39(33)43-40/h3-8,10,12-20,23-26H,9,11,21-22H2,1-2H3/b31-3-. The van der Waals surface area contributed by atoms with Crippen molar-refractivity contribution in [3.63, 3.8) is 0 Å². The molecular formula is C42H34O. The Morgan fingerprint density at radius 2 is 1.42 bits per heavy atom. The van der Waals surface area contributed by atoms with Crippen LogP contribution < -0.4 is 0 Å². The van der Waals surface area contributed by atoms with E-state index in [1.165, 1.54) is 77.4 Å². The Balaban J connectivity index is 1.36. The number of hydrogen-bond donors (Lipinski definition) is 0. The number of allylic oxidation sites excluding steroid dienone is 3. The number of benzene rings is 5. The molecule has 43 heavy (non-hydrogen) atoms. The minimum Gasteiger partial charge on any atom is -0.460 e. The van der Waals surface area contributed by atoms with Crippen LogP contribution in [0, 0.1) is 6.92 Å². The molecule has 0 unspecified atom stereocenters. The second-order valence-electron chi connectivity index (χ2n) is 11.8. The van der Waals surface area contributed by atoms with E-state index >= 15 is 0 Å². The lowest BCUT2D eigenvalue weighted by Gasteiger charge is -2.24. The smallest absolute Gasteiger partial charge is 0.134 e. The molecule has 0 radical (unpaired) electrons. The average Bonchev–Trinajstić information content (AvgIpc) is 3.43. The Labute approximate surface area is 253 Å². The lowest BCUT2D eigenvalue weighted by atomic mass is 9.79. The molecule has 0 spiro atoms. The highest BCUT2D eigenvalue weighted by atomic mass is 16.3. The highest BCUT2D eigenvalue weighted by Crippen LogP contribution is 2.46. The Morgan fingerprint density at radius 1 is 0.674 bits per heavy atom. The maximum atomic E-state index is 6.27. The molecule has 1 heteroatoms. The van der Waals surface area contributed by atoms with Crippen LogP contribution in [0.3, 0.4) is 0 Å². The highest BCUT2D eigenvalue weighted by Gasteiger charge is 2.23. The van der Waals surface area contributed by atoms with Gasteiger partial charge in [-0.1, -0.05) is 103 Å². The quantitative estimate of drug-likeness (QED) is 0.211. The van der Waals surface area contributed by atoms with E-state index in [9.17, 15) is 0 Å². The van der Waals surface area contributed by atoms with Gasteiger partial charge in [0, 0.05) is 17.4 Å². The third-order valence-corrected chi connectivity index (χ3v) is 9.31. The molecule has 0 amide bonds. The normalized spacial score (nSPS) is 14.3. The van der Waals surface area contributed by atoms with E-state index in [1.54, 1.807) is 0 Å². The zero-order chi connectivity index (χ0) is 28.9. The van der Waals surface area contributed by atoms with Gasteiger partial charge in [-0.25, -0.2) is 0 Å². The Bertz CT molecular complexity index is 2150. The van der Waals surface area contributed by atoms with Crippen molar-refractivity contribution in [3.05, 3.63) is 148 Å². The van der Waals surface area contributed by atoms with E-state index in [-0.39, 0.29) is 0 Å². The molecule has 0 saturated heterocycles. The molecule has 2 aliphatic carbocycles. The first-order valence-corrected chi connectivity index (χ1v) is 15.5. The van der Waals surface area contributed by atoms with Gasteiger partial charge in [-0.05, 0) is 118 Å². The van der Waals surface area contributed by atoms with Crippen LogP contribution in [0.2, 0.25) is 0 Å². The monoisotopic (exact) mass is 554 g/mol. The summed E-state index contributed by atoms with van der Waals surface area (Å²) in [6, 6.07) is 33.6. The molecule has 0 N–H and O–H groups in total. The fraction of sp³-hybridized carbons (Fsp3) is 0.143. The summed E-state index contributed by atoms with van der Waals surface area (Å²) in [4.78, 5) is 0. The molecule has 0 saturated carbocycles. The molecule has 208 valence electrons. The summed E-state index contributed by atoms with van der Waals surface area (Å²) >= 11 is 0. The molecule has 8 rings (SSSR count). The number of furan rings is 1. The van der Waals surface area contributed by atoms with Gasteiger partial charge in [0.05, 0.1) is 0 Å². The van der Waals surface area contributed by atoms with Crippen molar-refractivity contribution in [2.75, 3.05) is 0 Å². The zero-order valence-corrected chi connectivity index (χ0v) is 24.8. The van der Waals surface area contributed by atoms with E-state index in [0.29, 0.717) is 0 Å². The van der Waals surface area contributed by atoms with E-state index in [0.717, 1.165) is 37.0 Å². The van der Waals surface area contributed by atoms with E-state index < -0.39 is 0 Å². The van der Waals surface area contributed by atoms with Crippen molar-refractivity contribution in [2.45, 2.75) is 39.5 Å². The molecule has 1 heterocycles. The van der Waals surface area contributed by atoms with Crippen molar-refractivity contribution in [3.8, 4) is 22.3 Å². The minimum atomic E-state index is 0.978. The summed E-state index contributed by atoms with van der Waals surface area (Å²) in [7, 11) is 0. The molecular weight excluding hydrogens is 520 g/mol. The predicted octanol–water partition coefficient (Wildman–Crippen LogP) is 11.6. The van der Waals surface area contributed by atoms with Crippen LogP contribution in [0.5, 0.6) is 0 Å². The summed E-state index contributed by atoms with van der Waals surface area (Å²) in [6.45, 7) is 4.34. The predicted molar refractivity (Wildman–Crippen MR) is 183 cm³/mol. The first kappa shape index (κ1) is 25.8. The Kier molecular flexibility index (Phi) is 6.26. The first-order valence-electron chi connectivity index (χ1n) is 15.5. The van der Waals surface area contributed by atoms with Gasteiger partial charge < -0.3 is 4.42 Å². The summed E-state index contributed by atoms with van der Waals surface area (Å²) in [5.41, 5.74) is 15.4.